The summed E-state index contributed by atoms with van der Waals surface area (Å²) in [6.07, 6.45) is 3.56. The molecule has 82 valence electrons. The third-order valence-electron chi connectivity index (χ3n) is 1.97. The monoisotopic (exact) mass is 278 g/mol. The summed E-state index contributed by atoms with van der Waals surface area (Å²) in [4.78, 5) is 0. The number of halogens is 1. The molecule has 0 aliphatic rings. The summed E-state index contributed by atoms with van der Waals surface area (Å²) in [6.45, 7) is 0. The molecule has 0 amide bonds. The van der Waals surface area contributed by atoms with Crippen LogP contribution in [0.15, 0.2) is 46.1 Å². The molecule has 0 spiro atoms. The van der Waals surface area contributed by atoms with Crippen LogP contribution < -0.4 is 5.43 Å². The largest absolute Gasteiger partial charge is 0.278 e. The molecule has 1 N–H and O–H groups in total. The van der Waals surface area contributed by atoms with Crippen LogP contribution in [-0.2, 0) is 7.05 Å². The molecule has 2 rings (SSSR count). The number of nitrogens with zero attached hydrogens (tertiary/aromatic N) is 3. The Morgan fingerprint density at radius 1 is 1.31 bits per heavy atom. The van der Waals surface area contributed by atoms with Crippen LogP contribution in [0.1, 0.15) is 5.69 Å². The number of anilines is 1. The summed E-state index contributed by atoms with van der Waals surface area (Å²) in [6, 6.07) is 9.70. The van der Waals surface area contributed by atoms with Gasteiger partial charge in [-0.1, -0.05) is 15.9 Å². The van der Waals surface area contributed by atoms with Crippen LogP contribution >= 0.6 is 15.9 Å². The normalized spacial score (nSPS) is 10.9. The lowest BCUT2D eigenvalue weighted by atomic mass is 10.3. The van der Waals surface area contributed by atoms with Gasteiger partial charge in [0.2, 0.25) is 0 Å². The fourth-order valence-corrected chi connectivity index (χ4v) is 1.46. The van der Waals surface area contributed by atoms with Gasteiger partial charge in [0, 0.05) is 17.7 Å². The fraction of sp³-hybridized carbons (Fsp3) is 0.0909. The van der Waals surface area contributed by atoms with Gasteiger partial charge in [0.15, 0.2) is 0 Å². The van der Waals surface area contributed by atoms with E-state index < -0.39 is 0 Å². The van der Waals surface area contributed by atoms with Crippen molar-refractivity contribution in [2.75, 3.05) is 5.43 Å². The zero-order valence-corrected chi connectivity index (χ0v) is 10.3. The molecule has 0 unspecified atom stereocenters. The lowest BCUT2D eigenvalue weighted by Gasteiger charge is -1.98. The van der Waals surface area contributed by atoms with Crippen molar-refractivity contribution >= 4 is 27.8 Å². The number of benzene rings is 1. The van der Waals surface area contributed by atoms with Crippen molar-refractivity contribution in [2.24, 2.45) is 12.1 Å². The summed E-state index contributed by atoms with van der Waals surface area (Å²) < 4.78 is 2.79. The van der Waals surface area contributed by atoms with Crippen LogP contribution in [0.25, 0.3) is 0 Å². The Balaban J connectivity index is 1.97. The second kappa shape index (κ2) is 4.94. The van der Waals surface area contributed by atoms with Crippen LogP contribution in [-0.4, -0.2) is 16.0 Å². The quantitative estimate of drug-likeness (QED) is 0.693. The van der Waals surface area contributed by atoms with E-state index in [1.807, 2.05) is 43.6 Å². The van der Waals surface area contributed by atoms with Crippen molar-refractivity contribution in [1.29, 1.82) is 0 Å². The maximum atomic E-state index is 4.18. The van der Waals surface area contributed by atoms with Crippen molar-refractivity contribution < 1.29 is 0 Å². The first-order valence-corrected chi connectivity index (χ1v) is 5.57. The molecule has 16 heavy (non-hydrogen) atoms. The topological polar surface area (TPSA) is 42.2 Å². The van der Waals surface area contributed by atoms with Gasteiger partial charge in [0.05, 0.1) is 11.9 Å². The summed E-state index contributed by atoms with van der Waals surface area (Å²) in [7, 11) is 1.87. The Bertz CT molecular complexity index is 487. The molecule has 5 heteroatoms. The molecule has 0 saturated carbocycles. The van der Waals surface area contributed by atoms with Gasteiger partial charge >= 0.3 is 0 Å². The van der Waals surface area contributed by atoms with Gasteiger partial charge in [-0.2, -0.15) is 10.2 Å². The van der Waals surface area contributed by atoms with E-state index in [-0.39, 0.29) is 0 Å². The Morgan fingerprint density at radius 3 is 2.69 bits per heavy atom. The van der Waals surface area contributed by atoms with Gasteiger partial charge < -0.3 is 0 Å². The van der Waals surface area contributed by atoms with Gasteiger partial charge in [-0.15, -0.1) is 0 Å². The summed E-state index contributed by atoms with van der Waals surface area (Å²) in [5.41, 5.74) is 4.70. The molecular formula is C11H11BrN4. The highest BCUT2D eigenvalue weighted by Gasteiger charge is 1.91. The van der Waals surface area contributed by atoms with Gasteiger partial charge in [-0.25, -0.2) is 0 Å². The fourth-order valence-electron chi connectivity index (χ4n) is 1.20. The lowest BCUT2D eigenvalue weighted by Crippen LogP contribution is -1.93. The molecular weight excluding hydrogens is 268 g/mol. The van der Waals surface area contributed by atoms with Crippen LogP contribution in [0.3, 0.4) is 0 Å². The number of aromatic nitrogens is 2. The van der Waals surface area contributed by atoms with Crippen molar-refractivity contribution in [3.63, 3.8) is 0 Å². The molecule has 4 nitrogen and oxygen atoms in total. The number of hydrogen-bond donors (Lipinski definition) is 1. The molecule has 0 bridgehead atoms. The summed E-state index contributed by atoms with van der Waals surface area (Å²) >= 11 is 3.37. The highest BCUT2D eigenvalue weighted by atomic mass is 79.9. The molecule has 1 aromatic heterocycles. The van der Waals surface area contributed by atoms with Crippen molar-refractivity contribution in [1.82, 2.24) is 9.78 Å². The minimum absolute atomic E-state index is 0.826. The Hall–Kier alpha value is -1.62. The van der Waals surface area contributed by atoms with E-state index in [0.717, 1.165) is 15.9 Å². The lowest BCUT2D eigenvalue weighted by molar-refractivity contribution is 0.765. The zero-order chi connectivity index (χ0) is 11.4. The first kappa shape index (κ1) is 10.9. The molecule has 0 aliphatic carbocycles. The molecule has 1 heterocycles. The predicted octanol–water partition coefficient (Wildman–Crippen LogP) is 2.63. The van der Waals surface area contributed by atoms with Gasteiger partial charge in [0.25, 0.3) is 0 Å². The Morgan fingerprint density at radius 2 is 2.06 bits per heavy atom. The van der Waals surface area contributed by atoms with Gasteiger partial charge in [-0.3, -0.25) is 10.1 Å². The number of hydrogen-bond acceptors (Lipinski definition) is 3. The molecule has 1 aromatic carbocycles. The summed E-state index contributed by atoms with van der Waals surface area (Å²) in [5, 5.41) is 8.26. The average Bonchev–Trinajstić information content (AvgIpc) is 2.67. The molecule has 0 fully saturated rings. The molecule has 0 atom stereocenters. The molecule has 0 saturated heterocycles. The Labute approximate surface area is 102 Å². The van der Waals surface area contributed by atoms with Gasteiger partial charge in [-0.05, 0) is 30.3 Å². The molecule has 0 aliphatic heterocycles. The van der Waals surface area contributed by atoms with Crippen molar-refractivity contribution in [3.05, 3.63) is 46.7 Å². The second-order valence-corrected chi connectivity index (χ2v) is 4.21. The van der Waals surface area contributed by atoms with E-state index in [1.54, 1.807) is 10.9 Å². The van der Waals surface area contributed by atoms with E-state index in [2.05, 4.69) is 31.6 Å². The van der Waals surface area contributed by atoms with Gasteiger partial charge in [0.1, 0.15) is 5.69 Å². The van der Waals surface area contributed by atoms with E-state index in [4.69, 9.17) is 0 Å². The molecule has 2 aromatic rings. The van der Waals surface area contributed by atoms with Crippen molar-refractivity contribution in [2.45, 2.75) is 0 Å². The van der Waals surface area contributed by atoms with Crippen LogP contribution in [0.2, 0.25) is 0 Å². The number of aryl methyl sites for hydroxylation is 1. The zero-order valence-electron chi connectivity index (χ0n) is 8.76. The first-order valence-electron chi connectivity index (χ1n) is 4.78. The minimum Gasteiger partial charge on any atom is -0.278 e. The average molecular weight is 279 g/mol. The van der Waals surface area contributed by atoms with Crippen molar-refractivity contribution in [3.8, 4) is 0 Å². The number of hydrazone groups is 1. The van der Waals surface area contributed by atoms with E-state index in [9.17, 15) is 0 Å². The third kappa shape index (κ3) is 2.93. The highest BCUT2D eigenvalue weighted by Crippen LogP contribution is 2.13. The minimum atomic E-state index is 0.826. The Kier molecular flexibility index (Phi) is 3.36. The standard InChI is InChI=1S/C11H11BrN4/c1-16-7-6-11(15-16)8-13-14-10-4-2-9(12)3-5-10/h2-8,14H,1H3. The van der Waals surface area contributed by atoms with E-state index in [1.165, 1.54) is 0 Å². The summed E-state index contributed by atoms with van der Waals surface area (Å²) in [5.74, 6) is 0. The number of rotatable bonds is 3. The van der Waals surface area contributed by atoms with Crippen LogP contribution in [0, 0.1) is 0 Å². The maximum absolute atomic E-state index is 4.18. The highest BCUT2D eigenvalue weighted by molar-refractivity contribution is 9.10. The second-order valence-electron chi connectivity index (χ2n) is 3.29. The number of nitrogens with one attached hydrogen (secondary N) is 1. The third-order valence-corrected chi connectivity index (χ3v) is 2.50. The smallest absolute Gasteiger partial charge is 0.105 e. The van der Waals surface area contributed by atoms with E-state index in [0.29, 0.717) is 0 Å². The van der Waals surface area contributed by atoms with Crippen LogP contribution in [0.4, 0.5) is 5.69 Å². The maximum Gasteiger partial charge on any atom is 0.105 e. The van der Waals surface area contributed by atoms with E-state index >= 15 is 0 Å². The predicted molar refractivity (Wildman–Crippen MR) is 68.6 cm³/mol. The molecule has 0 radical (unpaired) electrons. The first-order chi connectivity index (χ1) is 7.74. The van der Waals surface area contributed by atoms with Crippen LogP contribution in [0.5, 0.6) is 0 Å². The SMILES string of the molecule is Cn1ccc(C=NNc2ccc(Br)cc2)n1.